The van der Waals surface area contributed by atoms with Crippen molar-refractivity contribution in [1.29, 1.82) is 0 Å². The fraction of sp³-hybridized carbons (Fsp3) is 0.250. The Labute approximate surface area is 87.3 Å². The molecule has 1 aromatic carbocycles. The van der Waals surface area contributed by atoms with E-state index in [9.17, 15) is 4.79 Å². The maximum Gasteiger partial charge on any atom is 0.336 e. The molecule has 0 saturated carbocycles. The number of benzene rings is 1. The molecular formula is C12H12O3. The van der Waals surface area contributed by atoms with E-state index in [1.807, 2.05) is 26.0 Å². The number of aryl methyl sites for hydroxylation is 1. The van der Waals surface area contributed by atoms with Gasteiger partial charge in [0.15, 0.2) is 0 Å². The molecule has 0 spiro atoms. The second kappa shape index (κ2) is 3.77. The lowest BCUT2D eigenvalue weighted by molar-refractivity contribution is 0.337. The lowest BCUT2D eigenvalue weighted by atomic mass is 10.1. The first-order chi connectivity index (χ1) is 7.22. The van der Waals surface area contributed by atoms with E-state index >= 15 is 0 Å². The molecule has 15 heavy (non-hydrogen) atoms. The van der Waals surface area contributed by atoms with Gasteiger partial charge in [-0.3, -0.25) is 0 Å². The molecule has 0 N–H and O–H groups in total. The highest BCUT2D eigenvalue weighted by Gasteiger charge is 2.06. The highest BCUT2D eigenvalue weighted by Crippen LogP contribution is 2.25. The van der Waals surface area contributed by atoms with Crippen LogP contribution in [0.2, 0.25) is 0 Å². The predicted octanol–water partition coefficient (Wildman–Crippen LogP) is 2.50. The van der Waals surface area contributed by atoms with Crippen LogP contribution in [0.15, 0.2) is 33.5 Å². The lowest BCUT2D eigenvalue weighted by Crippen LogP contribution is -1.98. The third kappa shape index (κ3) is 1.73. The van der Waals surface area contributed by atoms with Crippen LogP contribution in [-0.2, 0) is 0 Å². The van der Waals surface area contributed by atoms with E-state index in [0.717, 1.165) is 16.7 Å². The zero-order valence-electron chi connectivity index (χ0n) is 8.74. The first-order valence-electron chi connectivity index (χ1n) is 4.88. The molecule has 0 amide bonds. The standard InChI is InChI=1S/C12H12O3/c1-3-14-10-6-4-9-5-7-11(13)15-12(9)8(10)2/h4-7H,3H2,1-2H3. The third-order valence-corrected chi connectivity index (χ3v) is 2.29. The van der Waals surface area contributed by atoms with E-state index in [-0.39, 0.29) is 5.63 Å². The molecule has 0 atom stereocenters. The van der Waals surface area contributed by atoms with Crippen LogP contribution in [0.5, 0.6) is 5.75 Å². The first kappa shape index (κ1) is 9.77. The highest BCUT2D eigenvalue weighted by molar-refractivity contribution is 5.81. The van der Waals surface area contributed by atoms with Crippen molar-refractivity contribution in [3.8, 4) is 5.75 Å². The van der Waals surface area contributed by atoms with Gasteiger partial charge >= 0.3 is 5.63 Å². The SMILES string of the molecule is CCOc1ccc2ccc(=O)oc2c1C. The predicted molar refractivity (Wildman–Crippen MR) is 58.4 cm³/mol. The van der Waals surface area contributed by atoms with Crippen LogP contribution in [-0.4, -0.2) is 6.61 Å². The Morgan fingerprint density at radius 2 is 2.00 bits per heavy atom. The van der Waals surface area contributed by atoms with Gasteiger partial charge in [-0.1, -0.05) is 0 Å². The third-order valence-electron chi connectivity index (χ3n) is 2.29. The molecule has 2 aromatic rings. The van der Waals surface area contributed by atoms with Crippen LogP contribution in [0.4, 0.5) is 0 Å². The van der Waals surface area contributed by atoms with Crippen molar-refractivity contribution in [2.45, 2.75) is 13.8 Å². The van der Waals surface area contributed by atoms with Crippen molar-refractivity contribution >= 4 is 11.0 Å². The summed E-state index contributed by atoms with van der Waals surface area (Å²) in [6.07, 6.45) is 0. The molecule has 0 bridgehead atoms. The number of fused-ring (bicyclic) bond motifs is 1. The Kier molecular flexibility index (Phi) is 2.46. The van der Waals surface area contributed by atoms with E-state index in [1.54, 1.807) is 6.07 Å². The largest absolute Gasteiger partial charge is 0.493 e. The zero-order valence-corrected chi connectivity index (χ0v) is 8.74. The zero-order chi connectivity index (χ0) is 10.8. The summed E-state index contributed by atoms with van der Waals surface area (Å²) in [6, 6.07) is 6.95. The molecule has 0 unspecified atom stereocenters. The van der Waals surface area contributed by atoms with Gasteiger partial charge in [0, 0.05) is 17.0 Å². The molecule has 0 fully saturated rings. The molecule has 1 aromatic heterocycles. The maximum absolute atomic E-state index is 11.1. The van der Waals surface area contributed by atoms with Gasteiger partial charge in [-0.25, -0.2) is 4.79 Å². The number of hydrogen-bond acceptors (Lipinski definition) is 3. The summed E-state index contributed by atoms with van der Waals surface area (Å²) in [5.41, 5.74) is 1.14. The quantitative estimate of drug-likeness (QED) is 0.705. The summed E-state index contributed by atoms with van der Waals surface area (Å²) in [6.45, 7) is 4.41. The van der Waals surface area contributed by atoms with E-state index in [0.29, 0.717) is 12.2 Å². The average Bonchev–Trinajstić information content (AvgIpc) is 2.23. The van der Waals surface area contributed by atoms with Crippen molar-refractivity contribution in [1.82, 2.24) is 0 Å². The summed E-state index contributed by atoms with van der Waals surface area (Å²) in [7, 11) is 0. The summed E-state index contributed by atoms with van der Waals surface area (Å²) >= 11 is 0. The molecule has 1 heterocycles. The van der Waals surface area contributed by atoms with Crippen LogP contribution in [0, 0.1) is 6.92 Å². The monoisotopic (exact) mass is 204 g/mol. The van der Waals surface area contributed by atoms with Gasteiger partial charge in [-0.05, 0) is 32.0 Å². The van der Waals surface area contributed by atoms with E-state index in [4.69, 9.17) is 9.15 Å². The van der Waals surface area contributed by atoms with Crippen molar-refractivity contribution in [2.75, 3.05) is 6.61 Å². The summed E-state index contributed by atoms with van der Waals surface area (Å²) in [5, 5.41) is 0.913. The van der Waals surface area contributed by atoms with Gasteiger partial charge in [0.1, 0.15) is 11.3 Å². The first-order valence-corrected chi connectivity index (χ1v) is 4.88. The van der Waals surface area contributed by atoms with E-state index in [1.165, 1.54) is 6.07 Å². The minimum Gasteiger partial charge on any atom is -0.493 e. The Balaban J connectivity index is 2.71. The Bertz CT molecular complexity index is 540. The fourth-order valence-corrected chi connectivity index (χ4v) is 1.57. The Hall–Kier alpha value is -1.77. The topological polar surface area (TPSA) is 39.4 Å². The fourth-order valence-electron chi connectivity index (χ4n) is 1.57. The van der Waals surface area contributed by atoms with E-state index in [2.05, 4.69) is 0 Å². The molecule has 3 heteroatoms. The van der Waals surface area contributed by atoms with Gasteiger partial charge in [0.25, 0.3) is 0 Å². The summed E-state index contributed by atoms with van der Waals surface area (Å²) < 4.78 is 10.6. The van der Waals surface area contributed by atoms with Crippen molar-refractivity contribution in [2.24, 2.45) is 0 Å². The molecular weight excluding hydrogens is 192 g/mol. The molecule has 0 aliphatic carbocycles. The maximum atomic E-state index is 11.1. The Morgan fingerprint density at radius 3 is 2.73 bits per heavy atom. The van der Waals surface area contributed by atoms with Gasteiger partial charge in [-0.15, -0.1) is 0 Å². The average molecular weight is 204 g/mol. The van der Waals surface area contributed by atoms with Gasteiger partial charge in [0.2, 0.25) is 0 Å². The smallest absolute Gasteiger partial charge is 0.336 e. The number of rotatable bonds is 2. The summed E-state index contributed by atoms with van der Waals surface area (Å²) in [5.74, 6) is 0.763. The highest BCUT2D eigenvalue weighted by atomic mass is 16.5. The summed E-state index contributed by atoms with van der Waals surface area (Å²) in [4.78, 5) is 11.1. The van der Waals surface area contributed by atoms with Crippen LogP contribution in [0.25, 0.3) is 11.0 Å². The van der Waals surface area contributed by atoms with E-state index < -0.39 is 0 Å². The minimum absolute atomic E-state index is 0.334. The lowest BCUT2D eigenvalue weighted by Gasteiger charge is -2.07. The molecule has 0 saturated heterocycles. The van der Waals surface area contributed by atoms with Crippen LogP contribution < -0.4 is 10.4 Å². The molecule has 78 valence electrons. The minimum atomic E-state index is -0.334. The second-order valence-electron chi connectivity index (χ2n) is 3.29. The molecule has 3 nitrogen and oxygen atoms in total. The second-order valence-corrected chi connectivity index (χ2v) is 3.29. The normalized spacial score (nSPS) is 10.5. The number of hydrogen-bond donors (Lipinski definition) is 0. The van der Waals surface area contributed by atoms with Crippen LogP contribution >= 0.6 is 0 Å². The van der Waals surface area contributed by atoms with Gasteiger partial charge in [0.05, 0.1) is 6.61 Å². The number of ether oxygens (including phenoxy) is 1. The molecule has 0 aliphatic rings. The van der Waals surface area contributed by atoms with Crippen molar-refractivity contribution in [3.05, 3.63) is 40.2 Å². The molecule has 2 rings (SSSR count). The van der Waals surface area contributed by atoms with Crippen LogP contribution in [0.1, 0.15) is 12.5 Å². The Morgan fingerprint density at radius 1 is 1.27 bits per heavy atom. The van der Waals surface area contributed by atoms with Gasteiger partial charge in [-0.2, -0.15) is 0 Å². The molecule has 0 aliphatic heterocycles. The van der Waals surface area contributed by atoms with Gasteiger partial charge < -0.3 is 9.15 Å². The van der Waals surface area contributed by atoms with Crippen molar-refractivity contribution in [3.63, 3.8) is 0 Å². The van der Waals surface area contributed by atoms with Crippen molar-refractivity contribution < 1.29 is 9.15 Å². The molecule has 0 radical (unpaired) electrons. The van der Waals surface area contributed by atoms with Crippen LogP contribution in [0.3, 0.4) is 0 Å².